The highest BCUT2D eigenvalue weighted by molar-refractivity contribution is 7.99. The van der Waals surface area contributed by atoms with Crippen LogP contribution in [0.15, 0.2) is 22.8 Å². The number of carboxylic acid groups (broad SMARTS) is 1. The summed E-state index contributed by atoms with van der Waals surface area (Å²) < 4.78 is 5.24. The Morgan fingerprint density at radius 3 is 2.83 bits per heavy atom. The Morgan fingerprint density at radius 2 is 2.22 bits per heavy atom. The minimum absolute atomic E-state index is 0.293. The Labute approximate surface area is 112 Å². The number of hydrogen-bond acceptors (Lipinski definition) is 3. The molecule has 1 N–H and O–H groups in total. The van der Waals surface area contributed by atoms with Gasteiger partial charge < -0.3 is 9.52 Å². The summed E-state index contributed by atoms with van der Waals surface area (Å²) in [6, 6.07) is 3.74. The average molecular weight is 268 g/mol. The van der Waals surface area contributed by atoms with E-state index < -0.39 is 5.97 Å². The topological polar surface area (TPSA) is 50.4 Å². The first-order valence-electron chi connectivity index (χ1n) is 6.62. The molecule has 100 valence electrons. The van der Waals surface area contributed by atoms with Crippen LogP contribution in [-0.4, -0.2) is 16.3 Å². The number of rotatable bonds is 6. The molecule has 0 spiro atoms. The maximum Gasteiger partial charge on any atom is 0.316 e. The normalized spacial score (nSPS) is 18.7. The Hall–Kier alpha value is -0.900. The largest absolute Gasteiger partial charge is 0.480 e. The van der Waals surface area contributed by atoms with Crippen LogP contribution in [0.4, 0.5) is 0 Å². The van der Waals surface area contributed by atoms with Gasteiger partial charge in [-0.1, -0.05) is 32.1 Å². The van der Waals surface area contributed by atoms with Crippen LogP contribution in [0.1, 0.15) is 44.3 Å². The summed E-state index contributed by atoms with van der Waals surface area (Å²) in [7, 11) is 0. The maximum absolute atomic E-state index is 11.3. The summed E-state index contributed by atoms with van der Waals surface area (Å²) in [6.07, 6.45) is 8.68. The van der Waals surface area contributed by atoms with Gasteiger partial charge in [0.15, 0.2) is 0 Å². The quantitative estimate of drug-likeness (QED) is 0.849. The summed E-state index contributed by atoms with van der Waals surface area (Å²) >= 11 is 1.49. The zero-order valence-corrected chi connectivity index (χ0v) is 11.3. The predicted molar refractivity (Wildman–Crippen MR) is 72.6 cm³/mol. The summed E-state index contributed by atoms with van der Waals surface area (Å²) in [5, 5.41) is 8.99. The number of hydrogen-bond donors (Lipinski definition) is 1. The van der Waals surface area contributed by atoms with Crippen LogP contribution in [-0.2, 0) is 10.5 Å². The van der Waals surface area contributed by atoms with Crippen molar-refractivity contribution in [2.24, 2.45) is 5.92 Å². The standard InChI is InChI=1S/C14H20O3S/c15-14(16)13(9-11-5-2-1-3-6-11)18-10-12-7-4-8-17-12/h4,7-8,11,13H,1-3,5-6,9-10H2,(H,15,16). The zero-order valence-electron chi connectivity index (χ0n) is 10.5. The highest BCUT2D eigenvalue weighted by Gasteiger charge is 2.24. The smallest absolute Gasteiger partial charge is 0.316 e. The lowest BCUT2D eigenvalue weighted by molar-refractivity contribution is -0.136. The first-order chi connectivity index (χ1) is 8.75. The Kier molecular flexibility index (Phi) is 5.17. The first kappa shape index (κ1) is 13.5. The molecule has 1 atom stereocenters. The van der Waals surface area contributed by atoms with Gasteiger partial charge in [0.2, 0.25) is 0 Å². The number of carbonyl (C=O) groups is 1. The van der Waals surface area contributed by atoms with Crippen molar-refractivity contribution in [1.29, 1.82) is 0 Å². The number of carboxylic acids is 1. The lowest BCUT2D eigenvalue weighted by atomic mass is 9.86. The fraction of sp³-hybridized carbons (Fsp3) is 0.643. The van der Waals surface area contributed by atoms with E-state index in [1.54, 1.807) is 6.26 Å². The van der Waals surface area contributed by atoms with Crippen molar-refractivity contribution in [2.75, 3.05) is 0 Å². The first-order valence-corrected chi connectivity index (χ1v) is 7.67. The molecule has 2 rings (SSSR count). The van der Waals surface area contributed by atoms with Gasteiger partial charge >= 0.3 is 5.97 Å². The third-order valence-electron chi connectivity index (χ3n) is 3.55. The fourth-order valence-corrected chi connectivity index (χ4v) is 3.62. The molecular formula is C14H20O3S. The van der Waals surface area contributed by atoms with Crippen LogP contribution in [0.2, 0.25) is 0 Å². The maximum atomic E-state index is 11.3. The van der Waals surface area contributed by atoms with E-state index in [9.17, 15) is 9.90 Å². The van der Waals surface area contributed by atoms with Crippen LogP contribution >= 0.6 is 11.8 Å². The molecule has 1 saturated carbocycles. The molecule has 1 aliphatic carbocycles. The van der Waals surface area contributed by atoms with Crippen molar-refractivity contribution in [2.45, 2.75) is 49.5 Å². The van der Waals surface area contributed by atoms with Crippen molar-refractivity contribution in [1.82, 2.24) is 0 Å². The van der Waals surface area contributed by atoms with Gasteiger partial charge in [0.1, 0.15) is 11.0 Å². The molecule has 0 aromatic carbocycles. The summed E-state index contributed by atoms with van der Waals surface area (Å²) in [5.74, 6) is 1.42. The fourth-order valence-electron chi connectivity index (χ4n) is 2.54. The molecule has 0 aliphatic heterocycles. The Balaban J connectivity index is 1.81. The van der Waals surface area contributed by atoms with E-state index in [0.29, 0.717) is 11.7 Å². The van der Waals surface area contributed by atoms with E-state index in [1.165, 1.54) is 43.9 Å². The molecule has 0 radical (unpaired) electrons. The van der Waals surface area contributed by atoms with Gasteiger partial charge in [-0.3, -0.25) is 4.79 Å². The molecule has 18 heavy (non-hydrogen) atoms. The molecule has 0 amide bonds. The van der Waals surface area contributed by atoms with E-state index in [0.717, 1.165) is 12.2 Å². The predicted octanol–water partition coefficient (Wildman–Crippen LogP) is 3.94. The van der Waals surface area contributed by atoms with Gasteiger partial charge in [0.05, 0.1) is 12.0 Å². The second-order valence-electron chi connectivity index (χ2n) is 4.96. The van der Waals surface area contributed by atoms with E-state index >= 15 is 0 Å². The molecule has 1 aromatic heterocycles. The minimum atomic E-state index is -0.683. The van der Waals surface area contributed by atoms with Crippen LogP contribution in [0.3, 0.4) is 0 Å². The lowest BCUT2D eigenvalue weighted by Crippen LogP contribution is -2.22. The monoisotopic (exact) mass is 268 g/mol. The zero-order chi connectivity index (χ0) is 12.8. The molecular weight excluding hydrogens is 248 g/mol. The minimum Gasteiger partial charge on any atom is -0.480 e. The molecule has 3 nitrogen and oxygen atoms in total. The van der Waals surface area contributed by atoms with Crippen molar-refractivity contribution >= 4 is 17.7 Å². The van der Waals surface area contributed by atoms with E-state index in [2.05, 4.69) is 0 Å². The Bertz CT molecular complexity index is 355. The highest BCUT2D eigenvalue weighted by atomic mass is 32.2. The highest BCUT2D eigenvalue weighted by Crippen LogP contribution is 2.32. The van der Waals surface area contributed by atoms with Gasteiger partial charge in [0.25, 0.3) is 0 Å². The SMILES string of the molecule is O=C(O)C(CC1CCCCC1)SCc1ccco1. The molecule has 1 aromatic rings. The molecule has 1 unspecified atom stereocenters. The second kappa shape index (κ2) is 6.88. The third kappa shape index (κ3) is 4.09. The summed E-state index contributed by atoms with van der Waals surface area (Å²) in [5.41, 5.74) is 0. The lowest BCUT2D eigenvalue weighted by Gasteiger charge is -2.24. The van der Waals surface area contributed by atoms with Gasteiger partial charge in [-0.25, -0.2) is 0 Å². The van der Waals surface area contributed by atoms with Gasteiger partial charge in [-0.2, -0.15) is 0 Å². The average Bonchev–Trinajstić information content (AvgIpc) is 2.88. The van der Waals surface area contributed by atoms with Gasteiger partial charge in [0, 0.05) is 0 Å². The Morgan fingerprint density at radius 1 is 1.44 bits per heavy atom. The van der Waals surface area contributed by atoms with Crippen molar-refractivity contribution in [3.8, 4) is 0 Å². The molecule has 0 bridgehead atoms. The van der Waals surface area contributed by atoms with Crippen molar-refractivity contribution in [3.05, 3.63) is 24.2 Å². The van der Waals surface area contributed by atoms with Crippen LogP contribution in [0.25, 0.3) is 0 Å². The summed E-state index contributed by atoms with van der Waals surface area (Å²) in [6.45, 7) is 0. The van der Waals surface area contributed by atoms with E-state index in [4.69, 9.17) is 4.42 Å². The molecule has 1 aliphatic rings. The van der Waals surface area contributed by atoms with E-state index in [1.807, 2.05) is 12.1 Å². The molecule has 0 saturated heterocycles. The van der Waals surface area contributed by atoms with Crippen LogP contribution in [0, 0.1) is 5.92 Å². The molecule has 1 heterocycles. The van der Waals surface area contributed by atoms with Crippen LogP contribution < -0.4 is 0 Å². The number of furan rings is 1. The summed E-state index contributed by atoms with van der Waals surface area (Å²) in [4.78, 5) is 11.3. The van der Waals surface area contributed by atoms with Gasteiger partial charge in [-0.15, -0.1) is 11.8 Å². The number of aliphatic carboxylic acids is 1. The van der Waals surface area contributed by atoms with E-state index in [-0.39, 0.29) is 5.25 Å². The van der Waals surface area contributed by atoms with Gasteiger partial charge in [-0.05, 0) is 24.5 Å². The van der Waals surface area contributed by atoms with Crippen molar-refractivity contribution < 1.29 is 14.3 Å². The third-order valence-corrected chi connectivity index (χ3v) is 4.80. The number of thioether (sulfide) groups is 1. The second-order valence-corrected chi connectivity index (χ2v) is 6.15. The molecule has 1 fully saturated rings. The van der Waals surface area contributed by atoms with Crippen molar-refractivity contribution in [3.63, 3.8) is 0 Å². The van der Waals surface area contributed by atoms with Crippen LogP contribution in [0.5, 0.6) is 0 Å². The molecule has 4 heteroatoms.